The Kier molecular flexibility index (Phi) is 53.2. The smallest absolute Gasteiger partial charge is 0.907 e. The normalized spacial score (nSPS) is 5.79. The van der Waals surface area contributed by atoms with Crippen molar-refractivity contribution in [3.05, 3.63) is 0 Å². The molecule has 0 atom stereocenters. The standard InChI is InChI=1S/BH3O3.BH2O3.BO3.Ba.Ca/c3*2-1(3)4;;/h2-4H;2-3H;;;/q;-1;-3;2*+2. The van der Waals surface area contributed by atoms with Gasteiger partial charge in [-0.2, -0.15) is 0 Å². The van der Waals surface area contributed by atoms with Gasteiger partial charge in [0.2, 0.25) is 0 Å². The summed E-state index contributed by atoms with van der Waals surface area (Å²) >= 11 is 0. The number of hydrogen-bond donors (Lipinski definition) is 5. The monoisotopic (exact) mass is 360 g/mol. The van der Waals surface area contributed by atoms with E-state index < -0.39 is 22.0 Å². The molecule has 0 aliphatic rings. The van der Waals surface area contributed by atoms with Gasteiger partial charge >= 0.3 is 101 Å². The molecule has 0 fully saturated rings. The minimum absolute atomic E-state index is 0. The molecule has 14 heavy (non-hydrogen) atoms. The van der Waals surface area contributed by atoms with Crippen LogP contribution in [0.2, 0.25) is 0 Å². The Balaban J connectivity index is -0.0000000270. The van der Waals surface area contributed by atoms with Crippen molar-refractivity contribution in [2.24, 2.45) is 0 Å². The first-order valence-electron chi connectivity index (χ1n) is 2.23. The van der Waals surface area contributed by atoms with Crippen molar-refractivity contribution in [1.29, 1.82) is 0 Å². The Morgan fingerprint density at radius 2 is 0.714 bits per heavy atom. The number of hydrogen-bond acceptors (Lipinski definition) is 9. The van der Waals surface area contributed by atoms with Gasteiger partial charge in [0.05, 0.1) is 0 Å². The second-order valence-corrected chi connectivity index (χ2v) is 0.961. The molecule has 0 saturated heterocycles. The maximum absolute atomic E-state index is 8.64. The van der Waals surface area contributed by atoms with Crippen LogP contribution in [0.15, 0.2) is 0 Å². The van der Waals surface area contributed by atoms with Crippen LogP contribution < -0.4 is 20.1 Å². The molecule has 0 unspecified atom stereocenters. The summed E-state index contributed by atoms with van der Waals surface area (Å²) in [6.07, 6.45) is 0. The summed E-state index contributed by atoms with van der Waals surface area (Å²) in [7, 11) is -7.50. The van der Waals surface area contributed by atoms with Crippen molar-refractivity contribution >= 4 is 109 Å². The fraction of sp³-hybridized carbons (Fsp3) is 0. The summed E-state index contributed by atoms with van der Waals surface area (Å²) in [5, 5.41) is 69.5. The SMILES string of the molecule is OB(O)O.[Ba+2].[Ca+2].[O-]B(O)O.[O-]B([O-])[O-]. The van der Waals surface area contributed by atoms with Gasteiger partial charge in [-0.05, 0) is 0 Å². The van der Waals surface area contributed by atoms with Crippen molar-refractivity contribution < 1.29 is 45.2 Å². The minimum Gasteiger partial charge on any atom is -0.907 e. The van der Waals surface area contributed by atoms with Gasteiger partial charge in [-0.1, -0.05) is 0 Å². The Hall–Kier alpha value is 2.67. The van der Waals surface area contributed by atoms with E-state index in [0.29, 0.717) is 0 Å². The molecule has 0 spiro atoms. The molecular weight excluding hydrogens is 354 g/mol. The Labute approximate surface area is 151 Å². The molecule has 0 radical (unpaired) electrons. The summed E-state index contributed by atoms with van der Waals surface area (Å²) in [4.78, 5) is 0. The van der Waals surface area contributed by atoms with Gasteiger partial charge in [0, 0.05) is 0 Å². The number of rotatable bonds is 0. The van der Waals surface area contributed by atoms with Crippen LogP contribution in [0, 0.1) is 0 Å². The van der Waals surface area contributed by atoms with Crippen molar-refractivity contribution in [2.75, 3.05) is 0 Å². The molecule has 0 aliphatic heterocycles. The zero-order valence-corrected chi connectivity index (χ0v) is 13.7. The van der Waals surface area contributed by atoms with Crippen LogP contribution in [0.3, 0.4) is 0 Å². The third kappa shape index (κ3) is 385. The molecule has 72 valence electrons. The first-order chi connectivity index (χ1) is 5.20. The fourth-order valence-corrected chi connectivity index (χ4v) is 0. The van der Waals surface area contributed by atoms with Crippen LogP contribution in [-0.4, -0.2) is 134 Å². The van der Waals surface area contributed by atoms with E-state index in [0.717, 1.165) is 0 Å². The summed E-state index contributed by atoms with van der Waals surface area (Å²) in [5.41, 5.74) is 0. The first-order valence-corrected chi connectivity index (χ1v) is 2.23. The van der Waals surface area contributed by atoms with Gasteiger partial charge in [0.15, 0.2) is 0 Å². The van der Waals surface area contributed by atoms with Gasteiger partial charge in [-0.3, -0.25) is 7.32 Å². The van der Waals surface area contributed by atoms with E-state index in [1.807, 2.05) is 0 Å². The van der Waals surface area contributed by atoms with E-state index in [2.05, 4.69) is 0 Å². The summed E-state index contributed by atoms with van der Waals surface area (Å²) in [6.45, 7) is 0. The van der Waals surface area contributed by atoms with E-state index in [1.165, 1.54) is 0 Å². The summed E-state index contributed by atoms with van der Waals surface area (Å²) in [5.74, 6) is 0. The summed E-state index contributed by atoms with van der Waals surface area (Å²) < 4.78 is 0. The van der Waals surface area contributed by atoms with Crippen molar-refractivity contribution in [2.45, 2.75) is 0 Å². The van der Waals surface area contributed by atoms with Crippen molar-refractivity contribution in [1.82, 2.24) is 0 Å². The zero-order chi connectivity index (χ0) is 10.7. The van der Waals surface area contributed by atoms with E-state index in [9.17, 15) is 0 Å². The van der Waals surface area contributed by atoms with Gasteiger partial charge in [0.1, 0.15) is 0 Å². The molecule has 0 amide bonds. The first kappa shape index (κ1) is 30.1. The van der Waals surface area contributed by atoms with Crippen LogP contribution in [0.5, 0.6) is 0 Å². The third-order valence-corrected chi connectivity index (χ3v) is 0. The molecule has 0 heterocycles. The molecule has 0 aliphatic carbocycles. The van der Waals surface area contributed by atoms with Crippen molar-refractivity contribution in [3.63, 3.8) is 0 Å². The maximum atomic E-state index is 8.64. The molecule has 9 nitrogen and oxygen atoms in total. The van der Waals surface area contributed by atoms with E-state index in [1.54, 1.807) is 0 Å². The predicted molar refractivity (Wildman–Crippen MR) is 39.9 cm³/mol. The van der Waals surface area contributed by atoms with E-state index in [4.69, 9.17) is 45.2 Å². The Morgan fingerprint density at radius 1 is 0.714 bits per heavy atom. The van der Waals surface area contributed by atoms with Crippen LogP contribution in [0.4, 0.5) is 0 Å². The molecule has 0 aromatic carbocycles. The molecule has 0 bridgehead atoms. The Bertz CT molecular complexity index is 48.5. The quantitative estimate of drug-likeness (QED) is 0.261. The summed E-state index contributed by atoms with van der Waals surface area (Å²) in [6, 6.07) is 0. The second kappa shape index (κ2) is 24.8. The van der Waals surface area contributed by atoms with Crippen LogP contribution in [0.25, 0.3) is 0 Å². The minimum atomic E-state index is -2.92. The average Bonchev–Trinajstić information content (AvgIpc) is 1.54. The molecule has 14 heteroatoms. The van der Waals surface area contributed by atoms with Crippen molar-refractivity contribution in [3.8, 4) is 0 Å². The largest absolute Gasteiger partial charge is 2.00 e. The van der Waals surface area contributed by atoms with E-state index >= 15 is 0 Å². The van der Waals surface area contributed by atoms with Crippen LogP contribution in [0.1, 0.15) is 0 Å². The molecule has 0 rings (SSSR count). The van der Waals surface area contributed by atoms with Crippen LogP contribution in [-0.2, 0) is 0 Å². The van der Waals surface area contributed by atoms with Gasteiger partial charge in [-0.15, -0.1) is 0 Å². The zero-order valence-electron chi connectivity index (χ0n) is 7.02. The molecule has 0 aromatic heterocycles. The Morgan fingerprint density at radius 3 is 0.714 bits per heavy atom. The average molecular weight is 359 g/mol. The molecule has 5 N–H and O–H groups in total. The molecule has 0 aromatic rings. The van der Waals surface area contributed by atoms with E-state index in [-0.39, 0.29) is 86.6 Å². The van der Waals surface area contributed by atoms with Gasteiger partial charge in [0.25, 0.3) is 0 Å². The predicted octanol–water partition coefficient (Wildman–Crippen LogP) is -9.44. The van der Waals surface area contributed by atoms with Gasteiger partial charge < -0.3 is 45.2 Å². The molecule has 0 saturated carbocycles. The third-order valence-electron chi connectivity index (χ3n) is 0. The second-order valence-electron chi connectivity index (χ2n) is 0.961. The molecular formula is H5B3BaCaO9. The fourth-order valence-electron chi connectivity index (χ4n) is 0. The maximum Gasteiger partial charge on any atom is 2.00 e. The van der Waals surface area contributed by atoms with Crippen LogP contribution >= 0.6 is 0 Å². The van der Waals surface area contributed by atoms with Gasteiger partial charge in [-0.25, -0.2) is 0 Å². The topological polar surface area (TPSA) is 193 Å².